The highest BCUT2D eigenvalue weighted by molar-refractivity contribution is 5.95. The number of hydrogen-bond acceptors (Lipinski definition) is 7. The third-order valence-corrected chi connectivity index (χ3v) is 4.27. The molecule has 0 unspecified atom stereocenters. The molecular weight excluding hydrogens is 376 g/mol. The fourth-order valence-electron chi connectivity index (χ4n) is 2.80. The number of amides is 1. The maximum atomic E-state index is 12.0. The molecule has 29 heavy (non-hydrogen) atoms. The number of benzene rings is 2. The Balaban J connectivity index is 1.27. The van der Waals surface area contributed by atoms with Crippen LogP contribution in [-0.2, 0) is 16.1 Å². The van der Waals surface area contributed by atoms with Crippen LogP contribution in [0.3, 0.4) is 0 Å². The molecule has 0 spiro atoms. The summed E-state index contributed by atoms with van der Waals surface area (Å²) >= 11 is 0. The van der Waals surface area contributed by atoms with Crippen molar-refractivity contribution in [1.82, 2.24) is 5.16 Å². The normalized spacial score (nSPS) is 12.0. The maximum absolute atomic E-state index is 12.0. The van der Waals surface area contributed by atoms with Crippen LogP contribution in [0, 0.1) is 0 Å². The summed E-state index contributed by atoms with van der Waals surface area (Å²) in [5, 5.41) is 6.66. The molecule has 8 nitrogen and oxygen atoms in total. The molecule has 2 heterocycles. The van der Waals surface area contributed by atoms with Gasteiger partial charge in [-0.05, 0) is 49.4 Å². The van der Waals surface area contributed by atoms with E-state index in [-0.39, 0.29) is 31.7 Å². The smallest absolute Gasteiger partial charge is 0.250 e. The molecule has 1 amide bonds. The van der Waals surface area contributed by atoms with Crippen molar-refractivity contribution in [2.45, 2.75) is 13.5 Å². The molecule has 0 saturated heterocycles. The lowest BCUT2D eigenvalue weighted by Crippen LogP contribution is -2.18. The zero-order chi connectivity index (χ0) is 20.2. The summed E-state index contributed by atoms with van der Waals surface area (Å²) in [6.07, 6.45) is 0. The average Bonchev–Trinajstić information content (AvgIpc) is 3.37. The van der Waals surface area contributed by atoms with E-state index in [2.05, 4.69) is 10.5 Å². The Kier molecular flexibility index (Phi) is 5.26. The van der Waals surface area contributed by atoms with Gasteiger partial charge in [0.15, 0.2) is 23.0 Å². The van der Waals surface area contributed by atoms with Gasteiger partial charge in [-0.25, -0.2) is 0 Å². The van der Waals surface area contributed by atoms with Crippen molar-refractivity contribution in [3.8, 4) is 22.8 Å². The van der Waals surface area contributed by atoms with E-state index in [1.165, 1.54) is 6.92 Å². The number of Topliss-reactive ketones (excluding diaryl/α,β-unsaturated/α-hetero) is 1. The summed E-state index contributed by atoms with van der Waals surface area (Å²) in [7, 11) is 0. The molecular formula is C21H18N2O6. The summed E-state index contributed by atoms with van der Waals surface area (Å²) in [5.41, 5.74) is 2.55. The molecule has 0 fully saturated rings. The molecule has 2 aromatic carbocycles. The van der Waals surface area contributed by atoms with Crippen molar-refractivity contribution in [3.05, 3.63) is 59.8 Å². The second-order valence-electron chi connectivity index (χ2n) is 6.43. The largest absolute Gasteiger partial charge is 0.454 e. The summed E-state index contributed by atoms with van der Waals surface area (Å²) in [6.45, 7) is 1.69. The number of ketones is 1. The Morgan fingerprint density at radius 1 is 1.07 bits per heavy atom. The fourth-order valence-corrected chi connectivity index (χ4v) is 2.80. The van der Waals surface area contributed by atoms with E-state index in [0.717, 1.165) is 5.56 Å². The van der Waals surface area contributed by atoms with Crippen LogP contribution in [0.25, 0.3) is 11.3 Å². The van der Waals surface area contributed by atoms with Gasteiger partial charge in [0.1, 0.15) is 12.3 Å². The van der Waals surface area contributed by atoms with Crippen LogP contribution >= 0.6 is 0 Å². The van der Waals surface area contributed by atoms with Gasteiger partial charge in [-0.15, -0.1) is 0 Å². The lowest BCUT2D eigenvalue weighted by molar-refractivity contribution is -0.121. The Hall–Kier alpha value is -3.65. The molecule has 0 aliphatic carbocycles. The van der Waals surface area contributed by atoms with E-state index in [1.54, 1.807) is 30.3 Å². The summed E-state index contributed by atoms with van der Waals surface area (Å²) < 4.78 is 21.4. The summed E-state index contributed by atoms with van der Waals surface area (Å²) in [5.74, 6) is 1.58. The number of rotatable bonds is 7. The minimum atomic E-state index is -0.305. The van der Waals surface area contributed by atoms with Gasteiger partial charge >= 0.3 is 0 Å². The van der Waals surface area contributed by atoms with Crippen molar-refractivity contribution < 1.29 is 28.3 Å². The molecule has 0 radical (unpaired) electrons. The van der Waals surface area contributed by atoms with E-state index in [9.17, 15) is 9.59 Å². The van der Waals surface area contributed by atoms with Gasteiger partial charge < -0.3 is 24.1 Å². The van der Waals surface area contributed by atoms with Crippen LogP contribution in [0.1, 0.15) is 23.0 Å². The molecule has 3 aromatic rings. The average molecular weight is 394 g/mol. The number of nitrogens with zero attached hydrogens (tertiary/aromatic N) is 1. The van der Waals surface area contributed by atoms with Gasteiger partial charge in [0.2, 0.25) is 12.7 Å². The highest BCUT2D eigenvalue weighted by atomic mass is 16.7. The zero-order valence-electron chi connectivity index (χ0n) is 15.6. The molecule has 4 rings (SSSR count). The Morgan fingerprint density at radius 2 is 1.86 bits per heavy atom. The van der Waals surface area contributed by atoms with Gasteiger partial charge in [0.05, 0.1) is 6.61 Å². The Bertz CT molecular complexity index is 1040. The molecule has 1 aliphatic heterocycles. The third-order valence-electron chi connectivity index (χ3n) is 4.27. The second kappa shape index (κ2) is 8.15. The van der Waals surface area contributed by atoms with Crippen molar-refractivity contribution in [1.29, 1.82) is 0 Å². The fraction of sp³-hybridized carbons (Fsp3) is 0.190. The Morgan fingerprint density at radius 3 is 2.66 bits per heavy atom. The monoisotopic (exact) mass is 394 g/mol. The second-order valence-corrected chi connectivity index (χ2v) is 6.43. The molecule has 1 aliphatic rings. The van der Waals surface area contributed by atoms with E-state index < -0.39 is 0 Å². The number of fused-ring (bicyclic) bond motifs is 1. The van der Waals surface area contributed by atoms with Crippen molar-refractivity contribution in [2.75, 3.05) is 18.7 Å². The first-order chi connectivity index (χ1) is 14.1. The van der Waals surface area contributed by atoms with Gasteiger partial charge in [-0.3, -0.25) is 9.59 Å². The van der Waals surface area contributed by atoms with Crippen molar-refractivity contribution in [3.63, 3.8) is 0 Å². The number of hydrogen-bond donors (Lipinski definition) is 1. The predicted octanol–water partition coefficient (Wildman–Crippen LogP) is 3.43. The predicted molar refractivity (Wildman–Crippen MR) is 103 cm³/mol. The first-order valence-corrected chi connectivity index (χ1v) is 8.93. The molecule has 1 aromatic heterocycles. The number of ether oxygens (including phenoxy) is 3. The van der Waals surface area contributed by atoms with Gasteiger partial charge in [0.25, 0.3) is 0 Å². The highest BCUT2D eigenvalue weighted by Crippen LogP contribution is 2.36. The van der Waals surface area contributed by atoms with Gasteiger partial charge in [-0.1, -0.05) is 5.16 Å². The van der Waals surface area contributed by atoms with E-state index in [4.69, 9.17) is 18.7 Å². The lowest BCUT2D eigenvalue weighted by Gasteiger charge is -2.06. The van der Waals surface area contributed by atoms with Crippen LogP contribution in [-0.4, -0.2) is 30.2 Å². The lowest BCUT2D eigenvalue weighted by atomic mass is 10.1. The van der Waals surface area contributed by atoms with Crippen molar-refractivity contribution >= 4 is 17.4 Å². The molecule has 0 atom stereocenters. The summed E-state index contributed by atoms with van der Waals surface area (Å²) in [4.78, 5) is 23.2. The van der Waals surface area contributed by atoms with E-state index in [1.807, 2.05) is 18.2 Å². The highest BCUT2D eigenvalue weighted by Gasteiger charge is 2.16. The number of nitrogens with one attached hydrogen (secondary N) is 1. The minimum Gasteiger partial charge on any atom is -0.454 e. The molecule has 8 heteroatoms. The third kappa shape index (κ3) is 4.44. The molecule has 0 saturated carbocycles. The molecule has 1 N–H and O–H groups in total. The number of aromatic nitrogens is 1. The number of carbonyl (C=O) groups is 2. The zero-order valence-corrected chi connectivity index (χ0v) is 15.6. The van der Waals surface area contributed by atoms with E-state index in [0.29, 0.717) is 34.2 Å². The van der Waals surface area contributed by atoms with Gasteiger partial charge in [0, 0.05) is 22.9 Å². The van der Waals surface area contributed by atoms with E-state index >= 15 is 0 Å². The van der Waals surface area contributed by atoms with Crippen LogP contribution in [0.4, 0.5) is 5.69 Å². The van der Waals surface area contributed by atoms with Crippen LogP contribution < -0.4 is 14.8 Å². The molecule has 0 bridgehead atoms. The molecule has 148 valence electrons. The topological polar surface area (TPSA) is 99.9 Å². The van der Waals surface area contributed by atoms with Gasteiger partial charge in [-0.2, -0.15) is 0 Å². The first kappa shape index (κ1) is 18.7. The Labute approximate surface area is 166 Å². The first-order valence-electron chi connectivity index (χ1n) is 8.93. The number of anilines is 1. The SMILES string of the molecule is CC(=O)c1ccc(NC(=O)COCc2cc(-c3ccc4c(c3)OCO4)on2)cc1. The quantitative estimate of drug-likeness (QED) is 0.613. The van der Waals surface area contributed by atoms with Crippen LogP contribution in [0.15, 0.2) is 53.1 Å². The van der Waals surface area contributed by atoms with Crippen molar-refractivity contribution in [2.24, 2.45) is 0 Å². The summed E-state index contributed by atoms with van der Waals surface area (Å²) in [6, 6.07) is 13.9. The van der Waals surface area contributed by atoms with Crippen LogP contribution in [0.2, 0.25) is 0 Å². The standard InChI is InChI=1S/C21H18N2O6/c1-13(24)14-2-5-16(6-3-14)22-21(25)11-26-10-17-9-19(29-23-17)15-4-7-18-20(8-15)28-12-27-18/h2-9H,10-12H2,1H3,(H,22,25). The van der Waals surface area contributed by atoms with Crippen LogP contribution in [0.5, 0.6) is 11.5 Å². The maximum Gasteiger partial charge on any atom is 0.250 e. The minimum absolute atomic E-state index is 0.0288. The number of carbonyl (C=O) groups excluding carboxylic acids is 2.